The molecule has 0 atom stereocenters. The van der Waals surface area contributed by atoms with Gasteiger partial charge in [0.2, 0.25) is 0 Å². The largest absolute Gasteiger partial charge is 0.490 e. The number of benzene rings is 2. The highest BCUT2D eigenvalue weighted by Crippen LogP contribution is 2.38. The molecule has 1 aromatic heterocycles. The van der Waals surface area contributed by atoms with E-state index in [1.54, 1.807) is 4.57 Å². The topological polar surface area (TPSA) is 31.2 Å². The van der Waals surface area contributed by atoms with Crippen molar-refractivity contribution in [3.63, 3.8) is 0 Å². The third kappa shape index (κ3) is 3.83. The Morgan fingerprint density at radius 3 is 2.54 bits per heavy atom. The second-order valence-electron chi connectivity index (χ2n) is 7.47. The van der Waals surface area contributed by atoms with Crippen LogP contribution in [0.5, 0.6) is 5.75 Å². The van der Waals surface area contributed by atoms with Gasteiger partial charge in [-0.3, -0.25) is 4.79 Å². The van der Waals surface area contributed by atoms with Crippen molar-refractivity contribution in [2.45, 2.75) is 50.0 Å². The molecule has 0 amide bonds. The van der Waals surface area contributed by atoms with Gasteiger partial charge in [-0.2, -0.15) is 0 Å². The number of pyridine rings is 1. The molecule has 1 fully saturated rings. The first-order valence-electron chi connectivity index (χ1n) is 10.2. The molecule has 0 spiro atoms. The van der Waals surface area contributed by atoms with Crippen molar-refractivity contribution in [3.05, 3.63) is 59.0 Å². The van der Waals surface area contributed by atoms with E-state index in [1.807, 2.05) is 49.3 Å². The first-order chi connectivity index (χ1) is 13.7. The molecule has 28 heavy (non-hydrogen) atoms. The van der Waals surface area contributed by atoms with Crippen LogP contribution in [0.3, 0.4) is 0 Å². The van der Waals surface area contributed by atoms with E-state index in [2.05, 4.69) is 25.1 Å². The molecule has 1 saturated carbocycles. The van der Waals surface area contributed by atoms with Crippen LogP contribution in [0.2, 0.25) is 0 Å². The molecule has 0 bridgehead atoms. The summed E-state index contributed by atoms with van der Waals surface area (Å²) in [6, 6.07) is 14.4. The molecule has 0 N–H and O–H groups in total. The lowest BCUT2D eigenvalue weighted by molar-refractivity contribution is 0.155. The lowest BCUT2D eigenvalue weighted by Crippen LogP contribution is -2.20. The van der Waals surface area contributed by atoms with Crippen LogP contribution in [0.4, 0.5) is 0 Å². The Morgan fingerprint density at radius 2 is 1.79 bits per heavy atom. The van der Waals surface area contributed by atoms with Gasteiger partial charge in [-0.25, -0.2) is 0 Å². The van der Waals surface area contributed by atoms with Crippen molar-refractivity contribution in [1.82, 2.24) is 4.57 Å². The number of hydrogen-bond acceptors (Lipinski definition) is 3. The Bertz CT molecular complexity index is 1030. The minimum absolute atomic E-state index is 0.0354. The van der Waals surface area contributed by atoms with Gasteiger partial charge in [0.05, 0.1) is 6.10 Å². The highest BCUT2D eigenvalue weighted by Gasteiger charge is 2.19. The van der Waals surface area contributed by atoms with Crippen LogP contribution in [-0.2, 0) is 7.05 Å². The predicted octanol–water partition coefficient (Wildman–Crippen LogP) is 6.03. The maximum atomic E-state index is 12.6. The molecular weight excluding hydrogens is 366 g/mol. The number of nitrogens with zero attached hydrogens (tertiary/aromatic N) is 1. The van der Waals surface area contributed by atoms with Crippen LogP contribution >= 0.6 is 11.8 Å². The van der Waals surface area contributed by atoms with Crippen LogP contribution < -0.4 is 10.3 Å². The average molecular weight is 394 g/mol. The lowest BCUT2D eigenvalue weighted by atomic mass is 9.97. The van der Waals surface area contributed by atoms with Gasteiger partial charge in [-0.1, -0.05) is 31.5 Å². The fourth-order valence-electron chi connectivity index (χ4n) is 4.07. The Hall–Kier alpha value is -2.20. The Morgan fingerprint density at radius 1 is 1.04 bits per heavy atom. The molecule has 2 aromatic carbocycles. The molecule has 0 saturated heterocycles. The van der Waals surface area contributed by atoms with Crippen LogP contribution in [-0.4, -0.2) is 16.4 Å². The van der Waals surface area contributed by atoms with Crippen molar-refractivity contribution in [2.75, 3.05) is 5.75 Å². The van der Waals surface area contributed by atoms with Gasteiger partial charge in [-0.15, -0.1) is 11.8 Å². The summed E-state index contributed by atoms with van der Waals surface area (Å²) in [5, 5.41) is 1.73. The van der Waals surface area contributed by atoms with Gasteiger partial charge in [0.1, 0.15) is 5.75 Å². The zero-order valence-corrected chi connectivity index (χ0v) is 17.4. The van der Waals surface area contributed by atoms with Gasteiger partial charge >= 0.3 is 0 Å². The van der Waals surface area contributed by atoms with E-state index in [-0.39, 0.29) is 11.7 Å². The number of thioether (sulfide) groups is 1. The zero-order chi connectivity index (χ0) is 19.5. The number of ether oxygens (including phenoxy) is 1. The van der Waals surface area contributed by atoms with E-state index >= 15 is 0 Å². The van der Waals surface area contributed by atoms with Crippen molar-refractivity contribution in [3.8, 4) is 16.9 Å². The molecule has 4 rings (SSSR count). The summed E-state index contributed by atoms with van der Waals surface area (Å²) in [6.45, 7) is 2.17. The van der Waals surface area contributed by atoms with Crippen LogP contribution in [0, 0.1) is 0 Å². The molecule has 0 radical (unpaired) electrons. The van der Waals surface area contributed by atoms with Crippen LogP contribution in [0.15, 0.2) is 58.4 Å². The molecule has 3 aromatic rings. The molecule has 1 heterocycles. The molecule has 0 aliphatic heterocycles. The van der Waals surface area contributed by atoms with Crippen molar-refractivity contribution < 1.29 is 4.74 Å². The molecule has 1 aliphatic carbocycles. The standard InChI is InChI=1S/C24H27NO2S/c1-3-28-18-13-14-23(27-17-9-5-4-6-10-17)21(15-18)22-16-25(2)24(26)20-12-8-7-11-19(20)22/h7-8,11-17H,3-6,9-10H2,1-2H3. The highest BCUT2D eigenvalue weighted by molar-refractivity contribution is 7.99. The molecular formula is C24H27NO2S. The molecule has 146 valence electrons. The van der Waals surface area contributed by atoms with Gasteiger partial charge in [0.25, 0.3) is 5.56 Å². The fourth-order valence-corrected chi connectivity index (χ4v) is 4.77. The average Bonchev–Trinajstić information content (AvgIpc) is 2.73. The van der Waals surface area contributed by atoms with E-state index in [0.717, 1.165) is 46.2 Å². The maximum absolute atomic E-state index is 12.6. The van der Waals surface area contributed by atoms with Crippen LogP contribution in [0.1, 0.15) is 39.0 Å². The van der Waals surface area contributed by atoms with E-state index in [9.17, 15) is 4.79 Å². The summed E-state index contributed by atoms with van der Waals surface area (Å²) in [6.07, 6.45) is 8.28. The Balaban J connectivity index is 1.87. The minimum atomic E-state index is 0.0354. The normalized spacial score (nSPS) is 15.1. The number of aryl methyl sites for hydroxylation is 1. The third-order valence-electron chi connectivity index (χ3n) is 5.49. The van der Waals surface area contributed by atoms with E-state index in [4.69, 9.17) is 4.74 Å². The van der Waals surface area contributed by atoms with E-state index < -0.39 is 0 Å². The maximum Gasteiger partial charge on any atom is 0.258 e. The van der Waals surface area contributed by atoms with Crippen LogP contribution in [0.25, 0.3) is 21.9 Å². The fraction of sp³-hybridized carbons (Fsp3) is 0.375. The first kappa shape index (κ1) is 19.1. The minimum Gasteiger partial charge on any atom is -0.490 e. The zero-order valence-electron chi connectivity index (χ0n) is 16.6. The summed E-state index contributed by atoms with van der Waals surface area (Å²) >= 11 is 1.83. The Labute approximate surface area is 170 Å². The molecule has 0 unspecified atom stereocenters. The third-order valence-corrected chi connectivity index (χ3v) is 6.36. The molecule has 3 nitrogen and oxygen atoms in total. The Kier molecular flexibility index (Phi) is 5.77. The second-order valence-corrected chi connectivity index (χ2v) is 8.81. The van der Waals surface area contributed by atoms with Gasteiger partial charge in [0.15, 0.2) is 0 Å². The number of hydrogen-bond donors (Lipinski definition) is 0. The molecule has 1 aliphatic rings. The monoisotopic (exact) mass is 393 g/mol. The summed E-state index contributed by atoms with van der Waals surface area (Å²) in [7, 11) is 1.82. The summed E-state index contributed by atoms with van der Waals surface area (Å²) in [5.74, 6) is 1.95. The van der Waals surface area contributed by atoms with Gasteiger partial charge in [0, 0.05) is 34.7 Å². The van der Waals surface area contributed by atoms with Gasteiger partial charge in [-0.05, 0) is 61.1 Å². The summed E-state index contributed by atoms with van der Waals surface area (Å²) < 4.78 is 8.18. The number of fused-ring (bicyclic) bond motifs is 1. The smallest absolute Gasteiger partial charge is 0.258 e. The molecule has 4 heteroatoms. The summed E-state index contributed by atoms with van der Waals surface area (Å²) in [4.78, 5) is 13.8. The first-order valence-corrected chi connectivity index (χ1v) is 11.2. The van der Waals surface area contributed by atoms with E-state index in [0.29, 0.717) is 0 Å². The second kappa shape index (κ2) is 8.44. The van der Waals surface area contributed by atoms with E-state index in [1.165, 1.54) is 24.2 Å². The highest BCUT2D eigenvalue weighted by atomic mass is 32.2. The number of aromatic nitrogens is 1. The van der Waals surface area contributed by atoms with Crippen molar-refractivity contribution in [1.29, 1.82) is 0 Å². The number of rotatable bonds is 5. The summed E-state index contributed by atoms with van der Waals surface area (Å²) in [5.41, 5.74) is 2.17. The predicted molar refractivity (Wildman–Crippen MR) is 119 cm³/mol. The lowest BCUT2D eigenvalue weighted by Gasteiger charge is -2.25. The van der Waals surface area contributed by atoms with Crippen molar-refractivity contribution >= 4 is 22.5 Å². The quantitative estimate of drug-likeness (QED) is 0.496. The SMILES string of the molecule is CCSc1ccc(OC2CCCCC2)c(-c2cn(C)c(=O)c3ccccc23)c1. The van der Waals surface area contributed by atoms with Gasteiger partial charge < -0.3 is 9.30 Å². The van der Waals surface area contributed by atoms with Crippen molar-refractivity contribution in [2.24, 2.45) is 7.05 Å².